The Morgan fingerprint density at radius 2 is 0.864 bits per heavy atom. The molecule has 3 nitrogen and oxygen atoms in total. The summed E-state index contributed by atoms with van der Waals surface area (Å²) in [5.74, 6) is 0. The van der Waals surface area contributed by atoms with Crippen LogP contribution in [0.1, 0.15) is 124 Å². The first-order valence-electron chi connectivity index (χ1n) is 15.9. The molecule has 0 N–H and O–H groups in total. The summed E-state index contributed by atoms with van der Waals surface area (Å²) in [5.41, 5.74) is 11.7. The van der Waals surface area contributed by atoms with Crippen LogP contribution in [0.3, 0.4) is 0 Å². The molecular formula is C37H50Cl3CoN3. The second-order valence-electron chi connectivity index (χ2n) is 11.4. The van der Waals surface area contributed by atoms with E-state index in [0.29, 0.717) is 5.02 Å². The van der Waals surface area contributed by atoms with Crippen LogP contribution in [-0.4, -0.2) is 17.4 Å². The third kappa shape index (κ3) is 13.3. The fraction of sp³-hybridized carbons (Fsp3) is 0.486. The number of aromatic nitrogens is 1. The smallest absolute Gasteiger partial charge is 1.00 e. The van der Waals surface area contributed by atoms with Gasteiger partial charge in [-0.05, 0) is 99.6 Å². The van der Waals surface area contributed by atoms with Crippen molar-refractivity contribution in [2.24, 2.45) is 9.98 Å². The Balaban J connectivity index is 0.00000616. The van der Waals surface area contributed by atoms with Crippen molar-refractivity contribution in [3.05, 3.63) is 86.2 Å². The van der Waals surface area contributed by atoms with Crippen LogP contribution >= 0.6 is 11.6 Å². The van der Waals surface area contributed by atoms with Crippen molar-refractivity contribution in [2.75, 3.05) is 0 Å². The Morgan fingerprint density at radius 1 is 0.568 bits per heavy atom. The van der Waals surface area contributed by atoms with Gasteiger partial charge in [-0.15, -0.1) is 0 Å². The van der Waals surface area contributed by atoms with Gasteiger partial charge in [-0.2, -0.15) is 0 Å². The van der Waals surface area contributed by atoms with Gasteiger partial charge in [0, 0.05) is 5.02 Å². The number of hydrogen-bond donors (Lipinski definition) is 0. The first-order chi connectivity index (χ1) is 19.9. The van der Waals surface area contributed by atoms with Gasteiger partial charge in [0.25, 0.3) is 0 Å². The average Bonchev–Trinajstić information content (AvgIpc) is 2.95. The largest absolute Gasteiger partial charge is 2.00 e. The van der Waals surface area contributed by atoms with E-state index < -0.39 is 0 Å². The minimum absolute atomic E-state index is 0. The first kappa shape index (κ1) is 42.3. The fourth-order valence-corrected chi connectivity index (χ4v) is 5.59. The topological polar surface area (TPSA) is 37.6 Å². The van der Waals surface area contributed by atoms with E-state index in [4.69, 9.17) is 26.6 Å². The molecule has 0 bridgehead atoms. The number of halogens is 3. The third-order valence-corrected chi connectivity index (χ3v) is 7.72. The van der Waals surface area contributed by atoms with E-state index in [9.17, 15) is 0 Å². The molecule has 0 unspecified atom stereocenters. The van der Waals surface area contributed by atoms with Crippen molar-refractivity contribution >= 4 is 35.4 Å². The van der Waals surface area contributed by atoms with E-state index in [0.717, 1.165) is 74.1 Å². The molecule has 0 spiro atoms. The summed E-state index contributed by atoms with van der Waals surface area (Å²) in [5, 5.41) is 0.644. The summed E-state index contributed by atoms with van der Waals surface area (Å²) < 4.78 is 0. The summed E-state index contributed by atoms with van der Waals surface area (Å²) >= 11 is 6.59. The zero-order valence-electron chi connectivity index (χ0n) is 27.4. The van der Waals surface area contributed by atoms with Crippen molar-refractivity contribution in [3.63, 3.8) is 0 Å². The number of aliphatic imine (C=N–C) groups is 2. The van der Waals surface area contributed by atoms with E-state index in [1.54, 1.807) is 0 Å². The summed E-state index contributed by atoms with van der Waals surface area (Å²) in [7, 11) is 0. The van der Waals surface area contributed by atoms with Gasteiger partial charge in [0.1, 0.15) is 0 Å². The van der Waals surface area contributed by atoms with Crippen LogP contribution in [0.2, 0.25) is 5.02 Å². The monoisotopic (exact) mass is 700 g/mol. The van der Waals surface area contributed by atoms with Gasteiger partial charge in [0.05, 0.1) is 35.2 Å². The Morgan fingerprint density at radius 3 is 1.14 bits per heavy atom. The minimum atomic E-state index is 0. The summed E-state index contributed by atoms with van der Waals surface area (Å²) in [6.45, 7) is 13.4. The molecule has 3 aromatic rings. The maximum atomic E-state index is 6.59. The molecule has 0 saturated carbocycles. The molecule has 0 aliphatic heterocycles. The number of aryl methyl sites for hydroxylation is 6. The molecule has 1 heterocycles. The van der Waals surface area contributed by atoms with Crippen molar-refractivity contribution in [2.45, 2.75) is 119 Å². The molecule has 0 saturated heterocycles. The van der Waals surface area contributed by atoms with Gasteiger partial charge in [-0.1, -0.05) is 100 Å². The van der Waals surface area contributed by atoms with Crippen LogP contribution in [0.4, 0.5) is 11.4 Å². The molecule has 243 valence electrons. The van der Waals surface area contributed by atoms with Crippen molar-refractivity contribution < 1.29 is 41.6 Å². The maximum absolute atomic E-state index is 6.59. The van der Waals surface area contributed by atoms with E-state index in [-0.39, 0.29) is 41.6 Å². The van der Waals surface area contributed by atoms with Gasteiger partial charge >= 0.3 is 16.8 Å². The van der Waals surface area contributed by atoms with Crippen LogP contribution in [0, 0.1) is 13.8 Å². The molecule has 0 atom stereocenters. The summed E-state index contributed by atoms with van der Waals surface area (Å²) in [6.07, 6.45) is 17.3. The van der Waals surface area contributed by atoms with Gasteiger partial charge in [-0.25, -0.2) is 4.98 Å². The molecule has 0 aliphatic rings. The quantitative estimate of drug-likeness (QED) is 0.189. The second kappa shape index (κ2) is 22.8. The number of rotatable bonds is 16. The molecule has 2 aromatic carbocycles. The molecule has 3 rings (SSSR count). The molecule has 0 amide bonds. The number of unbranched alkanes of at least 4 members (excludes halogenated alkanes) is 4. The molecule has 0 fully saturated rings. The van der Waals surface area contributed by atoms with Crippen molar-refractivity contribution in [1.82, 2.24) is 4.98 Å². The van der Waals surface area contributed by atoms with E-state index in [2.05, 4.69) is 65.8 Å². The average molecular weight is 702 g/mol. The Bertz CT molecular complexity index is 1180. The molecule has 7 heteroatoms. The predicted octanol–water partition coefficient (Wildman–Crippen LogP) is 5.23. The van der Waals surface area contributed by atoms with Crippen LogP contribution < -0.4 is 24.8 Å². The fourth-order valence-electron chi connectivity index (χ4n) is 5.36. The van der Waals surface area contributed by atoms with Gasteiger partial charge in [0.2, 0.25) is 0 Å². The van der Waals surface area contributed by atoms with Gasteiger partial charge in [0.15, 0.2) is 0 Å². The Hall–Kier alpha value is -1.69. The summed E-state index contributed by atoms with van der Waals surface area (Å²) in [4.78, 5) is 15.0. The zero-order valence-corrected chi connectivity index (χ0v) is 30.7. The number of hydrogen-bond acceptors (Lipinski definition) is 3. The number of pyridine rings is 1. The van der Waals surface area contributed by atoms with Crippen molar-refractivity contribution in [1.29, 1.82) is 0 Å². The Kier molecular flexibility index (Phi) is 21.9. The zero-order chi connectivity index (χ0) is 29.6. The standard InChI is InChI=1S/C37H50ClN3.2ClH.Co/c1-7-11-15-29-19-27(5)20-30(16-12-8-2)36(29)39-25-34-23-33(38)24-35(41-34)26-40-37-31(17-13-9-3)21-28(6)22-32(37)18-14-10-4;;;/h19-26H,7-18H2,1-6H3;2*1H;/q;;;+2/p-2. The van der Waals surface area contributed by atoms with E-state index in [1.165, 1.54) is 59.1 Å². The molecule has 1 radical (unpaired) electrons. The molecule has 44 heavy (non-hydrogen) atoms. The normalized spacial score (nSPS) is 11.0. The van der Waals surface area contributed by atoms with Crippen LogP contribution in [0.5, 0.6) is 0 Å². The minimum Gasteiger partial charge on any atom is -1.00 e. The maximum Gasteiger partial charge on any atom is 2.00 e. The van der Waals surface area contributed by atoms with Crippen LogP contribution in [0.25, 0.3) is 0 Å². The van der Waals surface area contributed by atoms with Crippen LogP contribution in [0.15, 0.2) is 46.4 Å². The summed E-state index contributed by atoms with van der Waals surface area (Å²) in [6, 6.07) is 13.0. The molecule has 0 aliphatic carbocycles. The Labute approximate surface area is 295 Å². The van der Waals surface area contributed by atoms with Crippen LogP contribution in [-0.2, 0) is 42.5 Å². The van der Waals surface area contributed by atoms with E-state index >= 15 is 0 Å². The van der Waals surface area contributed by atoms with Crippen molar-refractivity contribution in [3.8, 4) is 0 Å². The molecule has 1 aromatic heterocycles. The third-order valence-electron chi connectivity index (χ3n) is 7.50. The second-order valence-corrected chi connectivity index (χ2v) is 11.9. The van der Waals surface area contributed by atoms with Gasteiger partial charge < -0.3 is 24.8 Å². The number of benzene rings is 2. The SMILES string of the molecule is CCCCc1cc(C)cc(CCCC)c1N=Cc1cc(Cl)cc(C=Nc2c(CCCC)cc(C)cc2CCCC)n1.[Cl-].[Cl-].[Co+2]. The first-order valence-corrected chi connectivity index (χ1v) is 16.3. The molecular weight excluding hydrogens is 652 g/mol. The number of nitrogens with zero attached hydrogens (tertiary/aromatic N) is 3. The van der Waals surface area contributed by atoms with E-state index in [1.807, 2.05) is 24.6 Å². The van der Waals surface area contributed by atoms with Gasteiger partial charge in [-0.3, -0.25) is 9.98 Å². The predicted molar refractivity (Wildman–Crippen MR) is 181 cm³/mol.